The topological polar surface area (TPSA) is 50.6 Å². The molecule has 1 aliphatic rings. The van der Waals surface area contributed by atoms with Crippen molar-refractivity contribution >= 4 is 5.91 Å². The molecule has 0 bridgehead atoms. The molecule has 2 heterocycles. The first-order chi connectivity index (χ1) is 10.8. The Morgan fingerprint density at radius 1 is 1.30 bits per heavy atom. The van der Waals surface area contributed by atoms with Crippen molar-refractivity contribution < 1.29 is 9.53 Å². The summed E-state index contributed by atoms with van der Waals surface area (Å²) >= 11 is 0. The zero-order valence-corrected chi connectivity index (χ0v) is 15.1. The van der Waals surface area contributed by atoms with Crippen LogP contribution in [0.2, 0.25) is 0 Å². The predicted molar refractivity (Wildman–Crippen MR) is 90.4 cm³/mol. The summed E-state index contributed by atoms with van der Waals surface area (Å²) in [5, 5.41) is 4.23. The molecule has 0 atom stereocenters. The lowest BCUT2D eigenvalue weighted by Crippen LogP contribution is -2.57. The summed E-state index contributed by atoms with van der Waals surface area (Å²) < 4.78 is 7.16. The quantitative estimate of drug-likeness (QED) is 0.790. The van der Waals surface area contributed by atoms with Crippen molar-refractivity contribution in [1.82, 2.24) is 19.6 Å². The van der Waals surface area contributed by atoms with Crippen LogP contribution in [0.3, 0.4) is 0 Å². The molecule has 0 aromatic carbocycles. The maximum atomic E-state index is 12.4. The van der Waals surface area contributed by atoms with E-state index in [1.807, 2.05) is 29.7 Å². The number of carbonyl (C=O) groups excluding carboxylic acids is 1. The summed E-state index contributed by atoms with van der Waals surface area (Å²) in [6.45, 7) is 10.6. The Balaban J connectivity index is 1.81. The van der Waals surface area contributed by atoms with Gasteiger partial charge in [-0.1, -0.05) is 0 Å². The Bertz CT molecular complexity index is 531. The zero-order chi connectivity index (χ0) is 17.0. The average molecular weight is 322 g/mol. The van der Waals surface area contributed by atoms with Gasteiger partial charge in [0.1, 0.15) is 0 Å². The molecule has 0 saturated carbocycles. The molecule has 0 spiro atoms. The van der Waals surface area contributed by atoms with E-state index in [2.05, 4.69) is 23.8 Å². The van der Waals surface area contributed by atoms with Gasteiger partial charge in [-0.2, -0.15) is 5.10 Å². The summed E-state index contributed by atoms with van der Waals surface area (Å²) in [7, 11) is 3.67. The van der Waals surface area contributed by atoms with E-state index in [9.17, 15) is 4.79 Å². The third kappa shape index (κ3) is 4.32. The van der Waals surface area contributed by atoms with Gasteiger partial charge in [0, 0.05) is 58.0 Å². The summed E-state index contributed by atoms with van der Waals surface area (Å²) in [5.74, 6) is 0.248. The Kier molecular flexibility index (Phi) is 5.81. The van der Waals surface area contributed by atoms with Crippen molar-refractivity contribution in [3.05, 3.63) is 17.5 Å². The van der Waals surface area contributed by atoms with Gasteiger partial charge >= 0.3 is 0 Å². The molecule has 1 aromatic rings. The number of piperazine rings is 1. The molecule has 0 N–H and O–H groups in total. The van der Waals surface area contributed by atoms with E-state index in [-0.39, 0.29) is 11.4 Å². The molecule has 1 aliphatic heterocycles. The van der Waals surface area contributed by atoms with Crippen molar-refractivity contribution in [3.8, 4) is 0 Å². The highest BCUT2D eigenvalue weighted by Gasteiger charge is 2.31. The molecule has 0 aliphatic carbocycles. The lowest BCUT2D eigenvalue weighted by molar-refractivity contribution is -0.134. The molecule has 1 saturated heterocycles. The molecule has 6 nitrogen and oxygen atoms in total. The van der Waals surface area contributed by atoms with Gasteiger partial charge in [-0.3, -0.25) is 14.4 Å². The molecule has 0 radical (unpaired) electrons. The van der Waals surface area contributed by atoms with Gasteiger partial charge < -0.3 is 9.64 Å². The lowest BCUT2D eigenvalue weighted by atomic mass is 10.0. The summed E-state index contributed by atoms with van der Waals surface area (Å²) in [6, 6.07) is 0. The monoisotopic (exact) mass is 322 g/mol. The Hall–Kier alpha value is -1.40. The average Bonchev–Trinajstić information content (AvgIpc) is 2.84. The number of carbonyl (C=O) groups is 1. The molecule has 1 fully saturated rings. The zero-order valence-electron chi connectivity index (χ0n) is 15.1. The Morgan fingerprint density at radius 2 is 1.96 bits per heavy atom. The molecule has 1 aromatic heterocycles. The normalized spacial score (nSPS) is 16.8. The van der Waals surface area contributed by atoms with Crippen LogP contribution in [0.4, 0.5) is 0 Å². The largest absolute Gasteiger partial charge is 0.383 e. The van der Waals surface area contributed by atoms with E-state index in [0.717, 1.165) is 38.3 Å². The lowest BCUT2D eigenvalue weighted by Gasteiger charge is -2.43. The van der Waals surface area contributed by atoms with Gasteiger partial charge in [0.15, 0.2) is 0 Å². The van der Waals surface area contributed by atoms with Crippen molar-refractivity contribution in [2.75, 3.05) is 39.9 Å². The van der Waals surface area contributed by atoms with E-state index in [1.165, 1.54) is 5.56 Å². The molecular formula is C17H30N4O2. The van der Waals surface area contributed by atoms with Crippen LogP contribution < -0.4 is 0 Å². The second-order valence-electron chi connectivity index (χ2n) is 6.99. The molecule has 1 amide bonds. The van der Waals surface area contributed by atoms with Crippen molar-refractivity contribution in [3.63, 3.8) is 0 Å². The predicted octanol–water partition coefficient (Wildman–Crippen LogP) is 1.23. The van der Waals surface area contributed by atoms with Gasteiger partial charge in [0.2, 0.25) is 5.91 Å². The van der Waals surface area contributed by atoms with Crippen LogP contribution in [-0.2, 0) is 23.0 Å². The SMILES string of the molecule is COCC(C)(C)N1CCN(C(=O)CCc2cnn(C)c2C)CC1. The van der Waals surface area contributed by atoms with Crippen molar-refractivity contribution in [2.24, 2.45) is 7.05 Å². The highest BCUT2D eigenvalue weighted by molar-refractivity contribution is 5.76. The third-order valence-corrected chi connectivity index (χ3v) is 4.93. The van der Waals surface area contributed by atoms with E-state index in [1.54, 1.807) is 7.11 Å². The fourth-order valence-electron chi connectivity index (χ4n) is 3.20. The minimum absolute atomic E-state index is 0.0245. The van der Waals surface area contributed by atoms with Gasteiger partial charge in [-0.25, -0.2) is 0 Å². The van der Waals surface area contributed by atoms with Crippen LogP contribution in [0.5, 0.6) is 0 Å². The smallest absolute Gasteiger partial charge is 0.222 e. The third-order valence-electron chi connectivity index (χ3n) is 4.93. The number of hydrogen-bond acceptors (Lipinski definition) is 4. The van der Waals surface area contributed by atoms with Crippen LogP contribution in [0, 0.1) is 6.92 Å². The first-order valence-corrected chi connectivity index (χ1v) is 8.34. The summed E-state index contributed by atoms with van der Waals surface area (Å²) in [6.07, 6.45) is 3.20. The highest BCUT2D eigenvalue weighted by Crippen LogP contribution is 2.18. The van der Waals surface area contributed by atoms with E-state index in [4.69, 9.17) is 4.74 Å². The van der Waals surface area contributed by atoms with Crippen LogP contribution in [0.25, 0.3) is 0 Å². The number of nitrogens with zero attached hydrogens (tertiary/aromatic N) is 4. The minimum Gasteiger partial charge on any atom is -0.383 e. The molecule has 6 heteroatoms. The van der Waals surface area contributed by atoms with Gasteiger partial charge in [-0.15, -0.1) is 0 Å². The first-order valence-electron chi connectivity index (χ1n) is 8.34. The maximum absolute atomic E-state index is 12.4. The fraction of sp³-hybridized carbons (Fsp3) is 0.765. The van der Waals surface area contributed by atoms with Gasteiger partial charge in [0.25, 0.3) is 0 Å². The Labute approximate surface area is 139 Å². The van der Waals surface area contributed by atoms with Crippen LogP contribution in [0.1, 0.15) is 31.5 Å². The van der Waals surface area contributed by atoms with Gasteiger partial charge in [0.05, 0.1) is 12.8 Å². The number of rotatable bonds is 6. The number of aryl methyl sites for hydroxylation is 2. The van der Waals surface area contributed by atoms with E-state index < -0.39 is 0 Å². The molecule has 0 unspecified atom stereocenters. The molecule has 2 rings (SSSR count). The first kappa shape index (κ1) is 17.9. The second kappa shape index (κ2) is 7.45. The second-order valence-corrected chi connectivity index (χ2v) is 6.99. The van der Waals surface area contributed by atoms with E-state index >= 15 is 0 Å². The molecule has 23 heavy (non-hydrogen) atoms. The summed E-state index contributed by atoms with van der Waals surface area (Å²) in [4.78, 5) is 16.8. The van der Waals surface area contributed by atoms with E-state index in [0.29, 0.717) is 13.0 Å². The molecule has 130 valence electrons. The molecular weight excluding hydrogens is 292 g/mol. The van der Waals surface area contributed by atoms with Crippen LogP contribution in [0.15, 0.2) is 6.20 Å². The van der Waals surface area contributed by atoms with Crippen LogP contribution >= 0.6 is 0 Å². The standard InChI is InChI=1S/C17H30N4O2/c1-14-15(12-18-19(14)4)6-7-16(22)20-8-10-21(11-9-20)17(2,3)13-23-5/h12H,6-11,13H2,1-5H3. The Morgan fingerprint density at radius 3 is 2.48 bits per heavy atom. The number of methoxy groups -OCH3 is 1. The fourth-order valence-corrected chi connectivity index (χ4v) is 3.20. The summed E-state index contributed by atoms with van der Waals surface area (Å²) in [5.41, 5.74) is 2.33. The van der Waals surface area contributed by atoms with Crippen molar-refractivity contribution in [1.29, 1.82) is 0 Å². The van der Waals surface area contributed by atoms with Crippen molar-refractivity contribution in [2.45, 2.75) is 39.2 Å². The van der Waals surface area contributed by atoms with Crippen LogP contribution in [-0.4, -0.2) is 70.9 Å². The highest BCUT2D eigenvalue weighted by atomic mass is 16.5. The number of hydrogen-bond donors (Lipinski definition) is 0. The number of ether oxygens (including phenoxy) is 1. The van der Waals surface area contributed by atoms with Gasteiger partial charge in [-0.05, 0) is 32.8 Å². The number of aromatic nitrogens is 2. The number of amides is 1. The maximum Gasteiger partial charge on any atom is 0.222 e. The minimum atomic E-state index is 0.0245.